The fourth-order valence-electron chi connectivity index (χ4n) is 1.64. The van der Waals surface area contributed by atoms with E-state index >= 15 is 0 Å². The summed E-state index contributed by atoms with van der Waals surface area (Å²) in [4.78, 5) is 15.5. The first-order valence-corrected chi connectivity index (χ1v) is 4.79. The summed E-state index contributed by atoms with van der Waals surface area (Å²) < 4.78 is 6.78. The molecule has 0 aliphatic carbocycles. The highest BCUT2D eigenvalue weighted by Gasteiger charge is 2.11. The van der Waals surface area contributed by atoms with Gasteiger partial charge in [-0.2, -0.15) is 4.98 Å². The van der Waals surface area contributed by atoms with Gasteiger partial charge >= 0.3 is 0 Å². The lowest BCUT2D eigenvalue weighted by Crippen LogP contribution is -2.14. The van der Waals surface area contributed by atoms with Crippen LogP contribution in [0.5, 0.6) is 11.5 Å². The van der Waals surface area contributed by atoms with Crippen molar-refractivity contribution in [1.82, 2.24) is 9.55 Å². The number of rotatable bonds is 1. The normalized spacial score (nSPS) is 10.7. The van der Waals surface area contributed by atoms with E-state index in [4.69, 9.17) is 4.74 Å². The number of benzene rings is 1. The van der Waals surface area contributed by atoms with Crippen molar-refractivity contribution in [3.63, 3.8) is 0 Å². The molecule has 0 aliphatic rings. The largest absolute Gasteiger partial charge is 0.507 e. The topological polar surface area (TPSA) is 64.3 Å². The Morgan fingerprint density at radius 1 is 1.44 bits per heavy atom. The zero-order valence-electron chi connectivity index (χ0n) is 9.31. The average molecular weight is 220 g/mol. The Bertz CT molecular complexity index is 617. The molecule has 0 saturated carbocycles. The van der Waals surface area contributed by atoms with Crippen LogP contribution in [0.25, 0.3) is 10.9 Å². The molecule has 5 nitrogen and oxygen atoms in total. The van der Waals surface area contributed by atoms with Crippen LogP contribution in [0, 0.1) is 6.92 Å². The summed E-state index contributed by atoms with van der Waals surface area (Å²) in [5, 5.41) is 9.96. The molecule has 0 bridgehead atoms. The van der Waals surface area contributed by atoms with Gasteiger partial charge in [-0.15, -0.1) is 0 Å². The SMILES string of the molecule is COc1cc(O)c2c(=O)nc(C)n(C)c2c1. The summed E-state index contributed by atoms with van der Waals surface area (Å²) in [6.45, 7) is 1.73. The van der Waals surface area contributed by atoms with E-state index in [2.05, 4.69) is 4.98 Å². The van der Waals surface area contributed by atoms with Crippen molar-refractivity contribution in [3.05, 3.63) is 28.3 Å². The summed E-state index contributed by atoms with van der Waals surface area (Å²) in [5.74, 6) is 0.984. The highest BCUT2D eigenvalue weighted by molar-refractivity contribution is 5.86. The van der Waals surface area contributed by atoms with Gasteiger partial charge < -0.3 is 14.4 Å². The van der Waals surface area contributed by atoms with E-state index in [1.807, 2.05) is 0 Å². The van der Waals surface area contributed by atoms with E-state index < -0.39 is 5.56 Å². The van der Waals surface area contributed by atoms with E-state index in [-0.39, 0.29) is 11.1 Å². The van der Waals surface area contributed by atoms with Gasteiger partial charge in [-0.3, -0.25) is 4.79 Å². The third-order valence-electron chi connectivity index (χ3n) is 2.63. The number of fused-ring (bicyclic) bond motifs is 1. The molecule has 0 saturated heterocycles. The van der Waals surface area contributed by atoms with Crippen LogP contribution in [0.4, 0.5) is 0 Å². The van der Waals surface area contributed by atoms with Gasteiger partial charge in [0.05, 0.1) is 12.6 Å². The monoisotopic (exact) mass is 220 g/mol. The van der Waals surface area contributed by atoms with E-state index in [1.54, 1.807) is 24.6 Å². The Morgan fingerprint density at radius 3 is 2.75 bits per heavy atom. The number of aryl methyl sites for hydroxylation is 2. The number of phenols is 1. The van der Waals surface area contributed by atoms with Crippen LogP contribution in [-0.4, -0.2) is 21.8 Å². The third kappa shape index (κ3) is 1.41. The predicted octanol–water partition coefficient (Wildman–Crippen LogP) is 0.956. The fraction of sp³-hybridized carbons (Fsp3) is 0.273. The summed E-state index contributed by atoms with van der Waals surface area (Å²) in [5.41, 5.74) is 0.181. The van der Waals surface area contributed by atoms with Crippen LogP contribution >= 0.6 is 0 Å². The first kappa shape index (κ1) is 10.5. The van der Waals surface area contributed by atoms with Crippen molar-refractivity contribution in [2.75, 3.05) is 7.11 Å². The first-order chi connectivity index (χ1) is 7.54. The lowest BCUT2D eigenvalue weighted by atomic mass is 10.2. The highest BCUT2D eigenvalue weighted by atomic mass is 16.5. The van der Waals surface area contributed by atoms with Gasteiger partial charge in [-0.05, 0) is 6.92 Å². The van der Waals surface area contributed by atoms with E-state index in [0.717, 1.165) is 0 Å². The van der Waals surface area contributed by atoms with Crippen LogP contribution in [0.3, 0.4) is 0 Å². The van der Waals surface area contributed by atoms with Crippen molar-refractivity contribution >= 4 is 10.9 Å². The molecular formula is C11H12N2O3. The van der Waals surface area contributed by atoms with Crippen molar-refractivity contribution < 1.29 is 9.84 Å². The van der Waals surface area contributed by atoms with Gasteiger partial charge in [0.15, 0.2) is 0 Å². The molecule has 0 unspecified atom stereocenters. The maximum Gasteiger partial charge on any atom is 0.284 e. The maximum atomic E-state index is 11.6. The summed E-state index contributed by atoms with van der Waals surface area (Å²) in [7, 11) is 3.29. The molecule has 0 aliphatic heterocycles. The quantitative estimate of drug-likeness (QED) is 0.777. The van der Waals surface area contributed by atoms with Crippen molar-refractivity contribution in [1.29, 1.82) is 0 Å². The average Bonchev–Trinajstić information content (AvgIpc) is 2.24. The van der Waals surface area contributed by atoms with Crippen LogP contribution in [-0.2, 0) is 7.05 Å². The lowest BCUT2D eigenvalue weighted by molar-refractivity contribution is 0.409. The van der Waals surface area contributed by atoms with Gasteiger partial charge in [-0.25, -0.2) is 0 Å². The molecule has 0 radical (unpaired) electrons. The number of methoxy groups -OCH3 is 1. The minimum atomic E-state index is -0.425. The second-order valence-corrected chi connectivity index (χ2v) is 3.56. The number of hydrogen-bond donors (Lipinski definition) is 1. The Kier molecular flexibility index (Phi) is 2.30. The first-order valence-electron chi connectivity index (χ1n) is 4.79. The zero-order valence-corrected chi connectivity index (χ0v) is 9.31. The molecule has 5 heteroatoms. The predicted molar refractivity (Wildman–Crippen MR) is 59.9 cm³/mol. The molecule has 1 heterocycles. The van der Waals surface area contributed by atoms with Crippen LogP contribution < -0.4 is 10.3 Å². The Hall–Kier alpha value is -2.04. The van der Waals surface area contributed by atoms with E-state index in [9.17, 15) is 9.90 Å². The molecule has 0 atom stereocenters. The van der Waals surface area contributed by atoms with E-state index in [1.165, 1.54) is 13.2 Å². The molecule has 1 aromatic carbocycles. The van der Waals surface area contributed by atoms with Crippen LogP contribution in [0.2, 0.25) is 0 Å². The highest BCUT2D eigenvalue weighted by Crippen LogP contribution is 2.27. The van der Waals surface area contributed by atoms with Crippen molar-refractivity contribution in [3.8, 4) is 11.5 Å². The lowest BCUT2D eigenvalue weighted by Gasteiger charge is -2.10. The molecule has 1 aromatic heterocycles. The second-order valence-electron chi connectivity index (χ2n) is 3.56. The minimum Gasteiger partial charge on any atom is -0.507 e. The minimum absolute atomic E-state index is 0.109. The summed E-state index contributed by atoms with van der Waals surface area (Å²) >= 11 is 0. The smallest absolute Gasteiger partial charge is 0.284 e. The molecule has 0 spiro atoms. The van der Waals surface area contributed by atoms with Crippen LogP contribution in [0.15, 0.2) is 16.9 Å². The second kappa shape index (κ2) is 3.52. The number of aromatic nitrogens is 2. The molecule has 1 N–H and O–H groups in total. The number of phenolic OH excluding ortho intramolecular Hbond substituents is 1. The Labute approximate surface area is 91.9 Å². The van der Waals surface area contributed by atoms with Gasteiger partial charge in [0, 0.05) is 19.2 Å². The molecular weight excluding hydrogens is 208 g/mol. The number of nitrogens with zero attached hydrogens (tertiary/aromatic N) is 2. The van der Waals surface area contributed by atoms with E-state index in [0.29, 0.717) is 17.1 Å². The zero-order chi connectivity index (χ0) is 11.9. The molecule has 16 heavy (non-hydrogen) atoms. The fourth-order valence-corrected chi connectivity index (χ4v) is 1.64. The Balaban J connectivity index is 3.00. The van der Waals surface area contributed by atoms with Gasteiger partial charge in [0.1, 0.15) is 22.7 Å². The van der Waals surface area contributed by atoms with Crippen LogP contribution in [0.1, 0.15) is 5.82 Å². The van der Waals surface area contributed by atoms with Gasteiger partial charge in [-0.1, -0.05) is 0 Å². The summed E-state index contributed by atoms with van der Waals surface area (Å²) in [6.07, 6.45) is 0. The van der Waals surface area contributed by atoms with Crippen molar-refractivity contribution in [2.45, 2.75) is 6.92 Å². The van der Waals surface area contributed by atoms with Crippen molar-refractivity contribution in [2.24, 2.45) is 7.05 Å². The standard InChI is InChI=1S/C11H12N2O3/c1-6-12-11(15)10-8(13(6)2)4-7(16-3)5-9(10)14/h4-5,14H,1-3H3. The molecule has 84 valence electrons. The summed E-state index contributed by atoms with van der Waals surface area (Å²) in [6, 6.07) is 3.10. The third-order valence-corrected chi connectivity index (χ3v) is 2.63. The van der Waals surface area contributed by atoms with Gasteiger partial charge in [0.25, 0.3) is 5.56 Å². The molecule has 2 aromatic rings. The molecule has 0 fully saturated rings. The number of ether oxygens (including phenoxy) is 1. The Morgan fingerprint density at radius 2 is 2.12 bits per heavy atom. The maximum absolute atomic E-state index is 11.6. The van der Waals surface area contributed by atoms with Gasteiger partial charge in [0.2, 0.25) is 0 Å². The number of aromatic hydroxyl groups is 1. The molecule has 0 amide bonds. The number of hydrogen-bond acceptors (Lipinski definition) is 4. The molecule has 2 rings (SSSR count).